The summed E-state index contributed by atoms with van der Waals surface area (Å²) < 4.78 is 2.76. The Morgan fingerprint density at radius 3 is 1.88 bits per heavy atom. The molecule has 122 valence electrons. The van der Waals surface area contributed by atoms with Crippen LogP contribution in [0.3, 0.4) is 0 Å². The third-order valence-corrected chi connectivity index (χ3v) is 7.50. The van der Waals surface area contributed by atoms with Crippen molar-refractivity contribution < 1.29 is 0 Å². The first kappa shape index (κ1) is 13.5. The molecule has 0 saturated heterocycles. The topological polar surface area (TPSA) is 4.93 Å². The molecule has 4 aliphatic carbocycles. The molecule has 4 fully saturated rings. The largest absolute Gasteiger partial charge is 0.337 e. The molecule has 2 aromatic carbocycles. The third-order valence-electron chi connectivity index (χ3n) is 7.50. The van der Waals surface area contributed by atoms with Gasteiger partial charge in [0.25, 0.3) is 0 Å². The highest BCUT2D eigenvalue weighted by Crippen LogP contribution is 2.65. The van der Waals surface area contributed by atoms with Crippen molar-refractivity contribution in [3.05, 3.63) is 48.5 Å². The van der Waals surface area contributed by atoms with E-state index in [9.17, 15) is 0 Å². The number of fused-ring (bicyclic) bond motifs is 3. The molecule has 1 aromatic heterocycles. The summed E-state index contributed by atoms with van der Waals surface area (Å²) in [5, 5.41) is 2.87. The number of benzene rings is 2. The number of aromatic nitrogens is 1. The Morgan fingerprint density at radius 1 is 0.792 bits per heavy atom. The van der Waals surface area contributed by atoms with E-state index in [4.69, 9.17) is 0 Å². The molecular formula is C23H25N. The fourth-order valence-electron chi connectivity index (χ4n) is 7.20. The summed E-state index contributed by atoms with van der Waals surface area (Å²) in [7, 11) is 0. The zero-order valence-electron chi connectivity index (χ0n) is 14.4. The number of hydrogen-bond acceptors (Lipinski definition) is 0. The minimum atomic E-state index is 0.499. The highest BCUT2D eigenvalue weighted by Gasteiger charge is 2.55. The van der Waals surface area contributed by atoms with Crippen LogP contribution in [0, 0.1) is 23.2 Å². The Morgan fingerprint density at radius 2 is 1.33 bits per heavy atom. The Balaban J connectivity index is 1.66. The van der Waals surface area contributed by atoms with Gasteiger partial charge in [0.05, 0.1) is 0 Å². The molecule has 1 nitrogen and oxygen atoms in total. The van der Waals surface area contributed by atoms with Crippen LogP contribution >= 0.6 is 0 Å². The number of hydrogen-bond donors (Lipinski definition) is 0. The van der Waals surface area contributed by atoms with Gasteiger partial charge in [-0.3, -0.25) is 0 Å². The smallest absolute Gasteiger partial charge is 0.0494 e. The molecule has 7 rings (SSSR count). The van der Waals surface area contributed by atoms with Crippen molar-refractivity contribution in [2.45, 2.75) is 45.1 Å². The van der Waals surface area contributed by atoms with Crippen molar-refractivity contribution in [1.82, 2.24) is 4.57 Å². The molecule has 4 bridgehead atoms. The van der Waals surface area contributed by atoms with Crippen molar-refractivity contribution in [3.63, 3.8) is 0 Å². The molecule has 0 spiro atoms. The van der Waals surface area contributed by atoms with Crippen molar-refractivity contribution in [3.8, 4) is 0 Å². The van der Waals surface area contributed by atoms with Crippen LogP contribution in [0.15, 0.2) is 48.5 Å². The lowest BCUT2D eigenvalue weighted by Gasteiger charge is -2.60. The maximum Gasteiger partial charge on any atom is 0.0494 e. The van der Waals surface area contributed by atoms with Crippen molar-refractivity contribution >= 4 is 21.8 Å². The van der Waals surface area contributed by atoms with E-state index in [-0.39, 0.29) is 0 Å². The molecule has 0 aliphatic heterocycles. The number of para-hydroxylation sites is 2. The zero-order chi connectivity index (χ0) is 15.9. The molecule has 0 N–H and O–H groups in total. The second kappa shape index (κ2) is 4.45. The van der Waals surface area contributed by atoms with Gasteiger partial charge in [-0.05, 0) is 67.4 Å². The van der Waals surface area contributed by atoms with Crippen molar-refractivity contribution in [1.29, 1.82) is 0 Å². The van der Waals surface area contributed by atoms with E-state index < -0.39 is 0 Å². The predicted octanol–water partition coefficient (Wildman–Crippen LogP) is 6.18. The Hall–Kier alpha value is -1.76. The van der Waals surface area contributed by atoms with Gasteiger partial charge < -0.3 is 4.57 Å². The summed E-state index contributed by atoms with van der Waals surface area (Å²) in [6.07, 6.45) is 7.36. The van der Waals surface area contributed by atoms with Crippen LogP contribution in [-0.4, -0.2) is 4.57 Å². The molecule has 0 amide bonds. The minimum Gasteiger partial charge on any atom is -0.337 e. The quantitative estimate of drug-likeness (QED) is 0.505. The second-order valence-electron chi connectivity index (χ2n) is 9.11. The first-order chi connectivity index (χ1) is 11.7. The molecule has 1 heteroatoms. The van der Waals surface area contributed by atoms with Gasteiger partial charge in [0.15, 0.2) is 0 Å². The van der Waals surface area contributed by atoms with Gasteiger partial charge in [-0.25, -0.2) is 0 Å². The lowest BCUT2D eigenvalue weighted by molar-refractivity contribution is -0.0872. The second-order valence-corrected chi connectivity index (χ2v) is 9.11. The monoisotopic (exact) mass is 315 g/mol. The Labute approximate surface area is 143 Å². The summed E-state index contributed by atoms with van der Waals surface area (Å²) >= 11 is 0. The van der Waals surface area contributed by atoms with E-state index in [1.165, 1.54) is 53.9 Å². The highest BCUT2D eigenvalue weighted by atomic mass is 15.1. The lowest BCUT2D eigenvalue weighted by atomic mass is 9.48. The van der Waals surface area contributed by atoms with Gasteiger partial charge in [-0.15, -0.1) is 0 Å². The van der Waals surface area contributed by atoms with Crippen LogP contribution in [0.1, 0.15) is 45.1 Å². The number of rotatable bonds is 1. The summed E-state index contributed by atoms with van der Waals surface area (Å²) in [6.45, 7) is 2.60. The van der Waals surface area contributed by atoms with Gasteiger partial charge in [0.2, 0.25) is 0 Å². The molecule has 24 heavy (non-hydrogen) atoms. The van der Waals surface area contributed by atoms with Gasteiger partial charge in [-0.2, -0.15) is 0 Å². The summed E-state index contributed by atoms with van der Waals surface area (Å²) in [6, 6.07) is 18.8. The van der Waals surface area contributed by atoms with Crippen molar-refractivity contribution in [2.24, 2.45) is 23.2 Å². The summed E-state index contributed by atoms with van der Waals surface area (Å²) in [4.78, 5) is 0. The molecule has 3 unspecified atom stereocenters. The van der Waals surface area contributed by atoms with E-state index in [2.05, 4.69) is 60.0 Å². The van der Waals surface area contributed by atoms with Gasteiger partial charge >= 0.3 is 0 Å². The van der Waals surface area contributed by atoms with Crippen LogP contribution in [0.25, 0.3) is 21.8 Å². The SMILES string of the molecule is CC12CC3CC(CC(C3)C1n1c3ccccc3c3ccccc31)C2. The van der Waals surface area contributed by atoms with Crippen LogP contribution in [0.5, 0.6) is 0 Å². The van der Waals surface area contributed by atoms with E-state index in [0.29, 0.717) is 11.5 Å². The van der Waals surface area contributed by atoms with Crippen molar-refractivity contribution in [2.75, 3.05) is 0 Å². The fraction of sp³-hybridized carbons (Fsp3) is 0.478. The summed E-state index contributed by atoms with van der Waals surface area (Å²) in [5.74, 6) is 2.91. The van der Waals surface area contributed by atoms with E-state index in [1.54, 1.807) is 0 Å². The zero-order valence-corrected chi connectivity index (χ0v) is 14.4. The molecule has 1 heterocycles. The maximum absolute atomic E-state index is 2.76. The Bertz CT molecular complexity index is 882. The molecule has 3 aromatic rings. The molecule has 4 aliphatic rings. The van der Waals surface area contributed by atoms with Gasteiger partial charge in [0.1, 0.15) is 0 Å². The first-order valence-electron chi connectivity index (χ1n) is 9.71. The van der Waals surface area contributed by atoms with Gasteiger partial charge in [0, 0.05) is 27.8 Å². The average molecular weight is 315 g/mol. The summed E-state index contributed by atoms with van der Waals surface area (Å²) in [5.41, 5.74) is 3.41. The Kier molecular flexibility index (Phi) is 2.50. The maximum atomic E-state index is 2.76. The molecule has 4 saturated carbocycles. The average Bonchev–Trinajstić information content (AvgIpc) is 2.88. The highest BCUT2D eigenvalue weighted by molar-refractivity contribution is 6.08. The third kappa shape index (κ3) is 1.61. The fourth-order valence-corrected chi connectivity index (χ4v) is 7.20. The van der Waals surface area contributed by atoms with E-state index in [0.717, 1.165) is 17.8 Å². The van der Waals surface area contributed by atoms with Gasteiger partial charge in [-0.1, -0.05) is 43.3 Å². The van der Waals surface area contributed by atoms with Crippen LogP contribution in [0.2, 0.25) is 0 Å². The molecule has 0 radical (unpaired) electrons. The minimum absolute atomic E-state index is 0.499. The number of nitrogens with zero attached hydrogens (tertiary/aromatic N) is 1. The predicted molar refractivity (Wildman–Crippen MR) is 100 cm³/mol. The standard InChI is InChI=1S/C23H25N/c1-23-13-15-10-16(14-23)12-17(11-15)22(23)24-20-8-4-2-6-18(20)19-7-3-5-9-21(19)24/h2-9,15-17,22H,10-14H2,1H3. The van der Waals surface area contributed by atoms with E-state index >= 15 is 0 Å². The van der Waals surface area contributed by atoms with Crippen LogP contribution < -0.4 is 0 Å². The normalized spacial score (nSPS) is 37.5. The van der Waals surface area contributed by atoms with Crippen LogP contribution in [0.4, 0.5) is 0 Å². The molecular weight excluding hydrogens is 290 g/mol. The molecule has 3 atom stereocenters. The van der Waals surface area contributed by atoms with Crippen LogP contribution in [-0.2, 0) is 0 Å². The first-order valence-corrected chi connectivity index (χ1v) is 9.71. The van der Waals surface area contributed by atoms with E-state index in [1.807, 2.05) is 0 Å². The lowest BCUT2D eigenvalue weighted by Crippen LogP contribution is -2.51.